The van der Waals surface area contributed by atoms with E-state index in [0.717, 1.165) is 16.8 Å². The molecule has 1 saturated carbocycles. The van der Waals surface area contributed by atoms with E-state index in [1.54, 1.807) is 29.2 Å². The smallest absolute Gasteiger partial charge is 0.336 e. The van der Waals surface area contributed by atoms with Gasteiger partial charge in [-0.05, 0) is 48.2 Å². The Labute approximate surface area is 230 Å². The van der Waals surface area contributed by atoms with Crippen molar-refractivity contribution in [2.75, 3.05) is 18.5 Å². The molecular weight excluding hydrogens is 492 g/mol. The van der Waals surface area contributed by atoms with Crippen molar-refractivity contribution in [1.82, 2.24) is 4.90 Å². The zero-order valence-corrected chi connectivity index (χ0v) is 22.4. The number of carboxylic acids is 1. The van der Waals surface area contributed by atoms with Gasteiger partial charge in [0.2, 0.25) is 0 Å². The molecule has 3 N–H and O–H groups in total. The lowest BCUT2D eigenvalue weighted by molar-refractivity contribution is -0.167. The number of ether oxygens (including phenoxy) is 1. The summed E-state index contributed by atoms with van der Waals surface area (Å²) in [6.45, 7) is 7.11. The molecule has 3 aromatic carbocycles. The van der Waals surface area contributed by atoms with E-state index in [2.05, 4.69) is 12.2 Å². The average molecular weight is 530 g/mol. The zero-order chi connectivity index (χ0) is 27.9. The van der Waals surface area contributed by atoms with Gasteiger partial charge in [-0.2, -0.15) is 0 Å². The van der Waals surface area contributed by atoms with E-state index in [4.69, 9.17) is 4.74 Å². The topological polar surface area (TPSA) is 99.1 Å². The summed E-state index contributed by atoms with van der Waals surface area (Å²) in [6.07, 6.45) is 1.92. The maximum Gasteiger partial charge on any atom is 0.336 e. The first-order valence-corrected chi connectivity index (χ1v) is 13.4. The minimum Gasteiger partial charge on any atom is -0.494 e. The van der Waals surface area contributed by atoms with E-state index in [1.165, 1.54) is 0 Å². The average Bonchev–Trinajstić information content (AvgIpc) is 3.64. The van der Waals surface area contributed by atoms with Gasteiger partial charge in [0.05, 0.1) is 20.0 Å². The lowest BCUT2D eigenvalue weighted by atomic mass is 9.78. The lowest BCUT2D eigenvalue weighted by Gasteiger charge is -2.31. The van der Waals surface area contributed by atoms with Crippen LogP contribution >= 0.6 is 0 Å². The normalized spacial score (nSPS) is 19.5. The molecule has 7 nitrogen and oxygen atoms in total. The highest BCUT2D eigenvalue weighted by Gasteiger charge is 2.66. The summed E-state index contributed by atoms with van der Waals surface area (Å²) in [5.41, 5.74) is 0.00762. The third-order valence-electron chi connectivity index (χ3n) is 7.81. The maximum absolute atomic E-state index is 13.0. The summed E-state index contributed by atoms with van der Waals surface area (Å²) in [7, 11) is 0. The number of aliphatic carboxylic acids is 1. The van der Waals surface area contributed by atoms with E-state index >= 15 is 0 Å². The Hall–Kier alpha value is -3.97. The number of amides is 2. The first-order chi connectivity index (χ1) is 18.7. The summed E-state index contributed by atoms with van der Waals surface area (Å²) >= 11 is 0. The van der Waals surface area contributed by atoms with Crippen molar-refractivity contribution in [3.63, 3.8) is 0 Å². The molecule has 0 aliphatic heterocycles. The van der Waals surface area contributed by atoms with Crippen LogP contribution in [0.15, 0.2) is 84.9 Å². The molecule has 39 heavy (non-hydrogen) atoms. The van der Waals surface area contributed by atoms with Crippen LogP contribution < -0.4 is 10.1 Å². The number of para-hydroxylation sites is 1. The molecule has 0 heterocycles. The number of benzene rings is 3. The number of rotatable bonds is 13. The lowest BCUT2D eigenvalue weighted by Crippen LogP contribution is -2.49. The molecule has 1 aliphatic carbocycles. The van der Waals surface area contributed by atoms with Crippen LogP contribution in [0.2, 0.25) is 0 Å². The SMILES string of the molecule is [CH2+]CC1CC1(C)C(O)(Cc1ccc(OCCCN(Cc2ccccc2)C(=O)Nc2ccccc2)cc1)C(=O)O. The Morgan fingerprint density at radius 1 is 1.03 bits per heavy atom. The highest BCUT2D eigenvalue weighted by Crippen LogP contribution is 2.61. The van der Waals surface area contributed by atoms with E-state index in [-0.39, 0.29) is 18.4 Å². The number of nitrogens with one attached hydrogen (secondary N) is 1. The Bertz CT molecular complexity index is 1230. The molecule has 1 aliphatic rings. The highest BCUT2D eigenvalue weighted by atomic mass is 16.5. The van der Waals surface area contributed by atoms with Gasteiger partial charge in [0.1, 0.15) is 5.75 Å². The Morgan fingerprint density at radius 3 is 2.26 bits per heavy atom. The molecule has 3 aromatic rings. The van der Waals surface area contributed by atoms with Crippen molar-refractivity contribution in [1.29, 1.82) is 0 Å². The van der Waals surface area contributed by atoms with Gasteiger partial charge < -0.3 is 25.2 Å². The van der Waals surface area contributed by atoms with E-state index in [0.29, 0.717) is 44.7 Å². The van der Waals surface area contributed by atoms with Gasteiger partial charge in [-0.1, -0.05) is 67.6 Å². The number of carbonyl (C=O) groups is 2. The largest absolute Gasteiger partial charge is 0.494 e. The molecule has 2 amide bonds. The fraction of sp³-hybridized carbons (Fsp3) is 0.344. The van der Waals surface area contributed by atoms with E-state index in [9.17, 15) is 19.8 Å². The predicted octanol–water partition coefficient (Wildman–Crippen LogP) is 5.80. The van der Waals surface area contributed by atoms with E-state index in [1.807, 2.05) is 67.6 Å². The van der Waals surface area contributed by atoms with Crippen LogP contribution in [0.3, 0.4) is 0 Å². The van der Waals surface area contributed by atoms with Crippen molar-refractivity contribution in [3.8, 4) is 5.75 Å². The van der Waals surface area contributed by atoms with Crippen molar-refractivity contribution in [2.45, 2.75) is 44.8 Å². The second kappa shape index (κ2) is 12.3. The minimum atomic E-state index is -1.83. The van der Waals surface area contributed by atoms with Crippen molar-refractivity contribution < 1.29 is 24.5 Å². The molecule has 0 bridgehead atoms. The molecule has 0 spiro atoms. The summed E-state index contributed by atoms with van der Waals surface area (Å²) in [6, 6.07) is 26.2. The van der Waals surface area contributed by atoms with Crippen LogP contribution in [0, 0.1) is 18.3 Å². The van der Waals surface area contributed by atoms with Crippen LogP contribution in [0.5, 0.6) is 5.75 Å². The molecular formula is C32H37N2O5+. The molecule has 204 valence electrons. The Morgan fingerprint density at radius 2 is 1.67 bits per heavy atom. The summed E-state index contributed by atoms with van der Waals surface area (Å²) in [4.78, 5) is 26.8. The van der Waals surface area contributed by atoms with Crippen LogP contribution in [-0.4, -0.2) is 45.9 Å². The van der Waals surface area contributed by atoms with Crippen LogP contribution in [0.1, 0.15) is 37.3 Å². The fourth-order valence-electron chi connectivity index (χ4n) is 5.13. The monoisotopic (exact) mass is 529 g/mol. The quantitative estimate of drug-likeness (QED) is 0.192. The standard InChI is InChI=1S/C32H36N2O5/c1-3-26-22-31(26,2)32(38,29(35)36)21-24-15-17-28(18-16-24)39-20-10-19-34(23-25-11-6-4-7-12-25)30(37)33-27-13-8-5-9-14-27/h4-9,11-18,26,38H,1,3,10,19-23H2,2H3,(H-,33,35,36,37)/p+1. The molecule has 7 heteroatoms. The number of anilines is 1. The van der Waals surface area contributed by atoms with Crippen molar-refractivity contribution in [3.05, 3.63) is 103 Å². The summed E-state index contributed by atoms with van der Waals surface area (Å²) in [5, 5.41) is 23.9. The van der Waals surface area contributed by atoms with Gasteiger partial charge in [0, 0.05) is 36.5 Å². The molecule has 4 rings (SSSR count). The third-order valence-corrected chi connectivity index (χ3v) is 7.81. The minimum absolute atomic E-state index is 0.0284. The molecule has 0 aromatic heterocycles. The van der Waals surface area contributed by atoms with Crippen LogP contribution in [0.4, 0.5) is 10.5 Å². The Kier molecular flexibility index (Phi) is 8.82. The van der Waals surface area contributed by atoms with Gasteiger partial charge in [-0.15, -0.1) is 0 Å². The number of hydrogen-bond donors (Lipinski definition) is 3. The second-order valence-electron chi connectivity index (χ2n) is 10.5. The molecule has 3 atom stereocenters. The second-order valence-corrected chi connectivity index (χ2v) is 10.5. The van der Waals surface area contributed by atoms with Gasteiger partial charge in [-0.3, -0.25) is 0 Å². The van der Waals surface area contributed by atoms with Crippen molar-refractivity contribution >= 4 is 17.7 Å². The molecule has 1 fully saturated rings. The maximum atomic E-state index is 13.0. The van der Waals surface area contributed by atoms with Gasteiger partial charge >= 0.3 is 12.0 Å². The number of carbonyl (C=O) groups excluding carboxylic acids is 1. The molecule has 0 saturated heterocycles. The number of carboxylic acid groups (broad SMARTS) is 1. The summed E-state index contributed by atoms with van der Waals surface area (Å²) in [5.74, 6) is -0.440. The Balaban J connectivity index is 1.31. The predicted molar refractivity (Wildman–Crippen MR) is 151 cm³/mol. The first kappa shape index (κ1) is 28.0. The highest BCUT2D eigenvalue weighted by molar-refractivity contribution is 5.89. The summed E-state index contributed by atoms with van der Waals surface area (Å²) < 4.78 is 5.91. The number of nitrogens with zero attached hydrogens (tertiary/aromatic N) is 1. The molecule has 0 radical (unpaired) electrons. The zero-order valence-electron chi connectivity index (χ0n) is 22.4. The number of hydrogen-bond acceptors (Lipinski definition) is 4. The van der Waals surface area contributed by atoms with Gasteiger partial charge in [0.25, 0.3) is 0 Å². The number of urea groups is 1. The fourth-order valence-corrected chi connectivity index (χ4v) is 5.13. The van der Waals surface area contributed by atoms with Crippen LogP contribution in [0.25, 0.3) is 0 Å². The third kappa shape index (κ3) is 6.73. The van der Waals surface area contributed by atoms with Gasteiger partial charge in [0.15, 0.2) is 5.60 Å². The van der Waals surface area contributed by atoms with Gasteiger partial charge in [-0.25, -0.2) is 9.59 Å². The van der Waals surface area contributed by atoms with Crippen LogP contribution in [-0.2, 0) is 17.8 Å². The van der Waals surface area contributed by atoms with E-state index < -0.39 is 17.0 Å². The van der Waals surface area contributed by atoms with Crippen molar-refractivity contribution in [2.24, 2.45) is 11.3 Å². The first-order valence-electron chi connectivity index (χ1n) is 13.4. The molecule has 3 unspecified atom stereocenters. The number of aliphatic hydroxyl groups is 1.